The first-order valence-corrected chi connectivity index (χ1v) is 8.27. The first-order chi connectivity index (χ1) is 11.1. The smallest absolute Gasteiger partial charge is 0.227 e. The first-order valence-electron chi connectivity index (χ1n) is 7.89. The largest absolute Gasteiger partial charge is 0.310 e. The molecule has 2 aromatic rings. The minimum absolute atomic E-state index is 0.0107. The highest BCUT2D eigenvalue weighted by atomic mass is 35.5. The maximum Gasteiger partial charge on any atom is 0.227 e. The summed E-state index contributed by atoms with van der Waals surface area (Å²) in [6.07, 6.45) is 5.26. The van der Waals surface area contributed by atoms with Gasteiger partial charge in [0.05, 0.1) is 5.69 Å². The summed E-state index contributed by atoms with van der Waals surface area (Å²) in [4.78, 5) is 17.5. The number of anilines is 1. The molecule has 3 nitrogen and oxygen atoms in total. The van der Waals surface area contributed by atoms with E-state index in [2.05, 4.69) is 4.98 Å². The molecule has 4 rings (SSSR count). The van der Waals surface area contributed by atoms with Crippen molar-refractivity contribution >= 4 is 23.2 Å². The van der Waals surface area contributed by atoms with Gasteiger partial charge in [-0.3, -0.25) is 4.79 Å². The number of rotatable bonds is 3. The van der Waals surface area contributed by atoms with Gasteiger partial charge in [0, 0.05) is 24.7 Å². The molecule has 118 valence electrons. The van der Waals surface area contributed by atoms with E-state index >= 15 is 0 Å². The topological polar surface area (TPSA) is 33.2 Å². The average Bonchev–Trinajstić information content (AvgIpc) is 3.30. The maximum atomic E-state index is 14.5. The van der Waals surface area contributed by atoms with E-state index in [1.807, 2.05) is 12.1 Å². The molecule has 5 heteroatoms. The number of halogens is 2. The molecule has 0 unspecified atom stereocenters. The molecule has 1 aliphatic heterocycles. The molecular formula is C18H16ClFN2O. The molecule has 2 aliphatic rings. The number of carbonyl (C=O) groups excluding carboxylic acids is 1. The summed E-state index contributed by atoms with van der Waals surface area (Å²) >= 11 is 6.01. The number of benzene rings is 1. The molecule has 1 saturated carbocycles. The van der Waals surface area contributed by atoms with Gasteiger partial charge in [-0.1, -0.05) is 17.7 Å². The van der Waals surface area contributed by atoms with Crippen LogP contribution in [0.1, 0.15) is 37.2 Å². The monoisotopic (exact) mass is 330 g/mol. The van der Waals surface area contributed by atoms with Crippen molar-refractivity contribution in [1.82, 2.24) is 4.98 Å². The highest BCUT2D eigenvalue weighted by molar-refractivity contribution is 6.29. The second-order valence-corrected chi connectivity index (χ2v) is 6.57. The van der Waals surface area contributed by atoms with E-state index in [1.54, 1.807) is 12.3 Å². The van der Waals surface area contributed by atoms with Gasteiger partial charge >= 0.3 is 0 Å². The highest BCUT2D eigenvalue weighted by Gasteiger charge is 2.28. The Balaban J connectivity index is 1.73. The molecule has 1 amide bonds. The van der Waals surface area contributed by atoms with Crippen molar-refractivity contribution in [2.75, 3.05) is 11.4 Å². The summed E-state index contributed by atoms with van der Waals surface area (Å²) < 4.78 is 14.5. The fourth-order valence-electron chi connectivity index (χ4n) is 3.21. The molecule has 0 atom stereocenters. The van der Waals surface area contributed by atoms with Crippen LogP contribution in [0.3, 0.4) is 0 Å². The van der Waals surface area contributed by atoms with Gasteiger partial charge in [0.15, 0.2) is 0 Å². The Morgan fingerprint density at radius 1 is 1.26 bits per heavy atom. The van der Waals surface area contributed by atoms with Crippen LogP contribution in [0.4, 0.5) is 10.1 Å². The first kappa shape index (κ1) is 14.6. The van der Waals surface area contributed by atoms with E-state index in [-0.39, 0.29) is 11.7 Å². The molecular weight excluding hydrogens is 315 g/mol. The van der Waals surface area contributed by atoms with Gasteiger partial charge in [0.25, 0.3) is 0 Å². The van der Waals surface area contributed by atoms with E-state index in [9.17, 15) is 9.18 Å². The summed E-state index contributed by atoms with van der Waals surface area (Å²) in [5.41, 5.74) is 3.21. The molecule has 1 saturated heterocycles. The van der Waals surface area contributed by atoms with Crippen LogP contribution in [0.25, 0.3) is 11.1 Å². The van der Waals surface area contributed by atoms with Crippen LogP contribution in [0.15, 0.2) is 30.5 Å². The standard InChI is InChI=1S/C18H16ClFN2O/c19-17-9-13(11-3-4-11)14(10-21-17)12-5-6-16(15(20)8-12)22-7-1-2-18(22)23/h5-6,8-11H,1-4,7H2. The van der Waals surface area contributed by atoms with Crippen LogP contribution >= 0.6 is 11.6 Å². The van der Waals surface area contributed by atoms with Crippen molar-refractivity contribution in [2.45, 2.75) is 31.6 Å². The van der Waals surface area contributed by atoms with Gasteiger partial charge in [0.2, 0.25) is 5.91 Å². The molecule has 23 heavy (non-hydrogen) atoms. The number of hydrogen-bond acceptors (Lipinski definition) is 2. The van der Waals surface area contributed by atoms with Crippen molar-refractivity contribution in [3.05, 3.63) is 47.0 Å². The number of carbonyl (C=O) groups is 1. The maximum absolute atomic E-state index is 14.5. The van der Waals surface area contributed by atoms with Gasteiger partial charge in [-0.15, -0.1) is 0 Å². The van der Waals surface area contributed by atoms with E-state index in [1.165, 1.54) is 11.0 Å². The summed E-state index contributed by atoms with van der Waals surface area (Å²) in [6, 6.07) is 6.93. The van der Waals surface area contributed by atoms with Crippen molar-refractivity contribution in [2.24, 2.45) is 0 Å². The fourth-order valence-corrected chi connectivity index (χ4v) is 3.38. The van der Waals surface area contributed by atoms with Gasteiger partial charge in [-0.25, -0.2) is 9.37 Å². The van der Waals surface area contributed by atoms with Crippen LogP contribution in [0.5, 0.6) is 0 Å². The molecule has 1 aliphatic carbocycles. The summed E-state index contributed by atoms with van der Waals surface area (Å²) in [5, 5.41) is 0.468. The lowest BCUT2D eigenvalue weighted by atomic mass is 9.98. The van der Waals surface area contributed by atoms with E-state index in [4.69, 9.17) is 11.6 Å². The molecule has 0 N–H and O–H groups in total. The zero-order valence-electron chi connectivity index (χ0n) is 12.6. The third-order valence-electron chi connectivity index (χ3n) is 4.54. The van der Waals surface area contributed by atoms with E-state index < -0.39 is 0 Å². The Morgan fingerprint density at radius 2 is 2.09 bits per heavy atom. The SMILES string of the molecule is O=C1CCCN1c1ccc(-c2cnc(Cl)cc2C2CC2)cc1F. The summed E-state index contributed by atoms with van der Waals surface area (Å²) in [6.45, 7) is 0.588. The van der Waals surface area contributed by atoms with Gasteiger partial charge < -0.3 is 4.90 Å². The van der Waals surface area contributed by atoms with Gasteiger partial charge in [-0.05, 0) is 54.5 Å². The molecule has 1 aromatic heterocycles. The lowest BCUT2D eigenvalue weighted by Gasteiger charge is -2.17. The highest BCUT2D eigenvalue weighted by Crippen LogP contribution is 2.45. The molecule has 0 radical (unpaired) electrons. The normalized spacial score (nSPS) is 17.8. The van der Waals surface area contributed by atoms with Crippen LogP contribution < -0.4 is 4.90 Å². The average molecular weight is 331 g/mol. The number of pyridine rings is 1. The Bertz CT molecular complexity index is 789. The predicted octanol–water partition coefficient (Wildman–Crippen LogP) is 4.55. The fraction of sp³-hybridized carbons (Fsp3) is 0.333. The van der Waals surface area contributed by atoms with Crippen LogP contribution in [0.2, 0.25) is 5.15 Å². The minimum Gasteiger partial charge on any atom is -0.310 e. The van der Waals surface area contributed by atoms with Crippen LogP contribution in [0, 0.1) is 5.82 Å². The lowest BCUT2D eigenvalue weighted by Crippen LogP contribution is -2.24. The second kappa shape index (κ2) is 5.60. The van der Waals surface area contributed by atoms with Crippen LogP contribution in [-0.4, -0.2) is 17.4 Å². The number of amides is 1. The Hall–Kier alpha value is -1.94. The minimum atomic E-state index is -0.366. The Morgan fingerprint density at radius 3 is 2.74 bits per heavy atom. The van der Waals surface area contributed by atoms with E-state index in [0.29, 0.717) is 29.7 Å². The van der Waals surface area contributed by atoms with Gasteiger partial charge in [-0.2, -0.15) is 0 Å². The van der Waals surface area contributed by atoms with Crippen molar-refractivity contribution < 1.29 is 9.18 Å². The Labute approximate surface area is 139 Å². The van der Waals surface area contributed by atoms with E-state index in [0.717, 1.165) is 36.0 Å². The number of nitrogens with zero attached hydrogens (tertiary/aromatic N) is 2. The zero-order valence-corrected chi connectivity index (χ0v) is 13.3. The second-order valence-electron chi connectivity index (χ2n) is 6.18. The molecule has 2 heterocycles. The molecule has 1 aromatic carbocycles. The molecule has 0 spiro atoms. The van der Waals surface area contributed by atoms with Crippen molar-refractivity contribution in [3.63, 3.8) is 0 Å². The predicted molar refractivity (Wildman–Crippen MR) is 88.2 cm³/mol. The number of hydrogen-bond donors (Lipinski definition) is 0. The molecule has 0 bridgehead atoms. The lowest BCUT2D eigenvalue weighted by molar-refractivity contribution is -0.117. The summed E-state index contributed by atoms with van der Waals surface area (Å²) in [7, 11) is 0. The van der Waals surface area contributed by atoms with Gasteiger partial charge in [0.1, 0.15) is 11.0 Å². The third kappa shape index (κ3) is 2.72. The zero-order chi connectivity index (χ0) is 16.0. The van der Waals surface area contributed by atoms with Crippen molar-refractivity contribution in [3.8, 4) is 11.1 Å². The Kier molecular flexibility index (Phi) is 3.57. The van der Waals surface area contributed by atoms with Crippen molar-refractivity contribution in [1.29, 1.82) is 0 Å². The number of aromatic nitrogens is 1. The third-order valence-corrected chi connectivity index (χ3v) is 4.75. The van der Waals surface area contributed by atoms with Crippen LogP contribution in [-0.2, 0) is 4.79 Å². The quantitative estimate of drug-likeness (QED) is 0.774. The molecule has 2 fully saturated rings. The summed E-state index contributed by atoms with van der Waals surface area (Å²) in [5.74, 6) is 0.117.